The molecule has 8 nitrogen and oxygen atoms in total. The van der Waals surface area contributed by atoms with E-state index in [1.165, 1.54) is 55.0 Å². The standard InChI is InChI=1S/C50H28N8S2/c1-3-13-32-30(11-1)27-38(36-17-7-5-15-34(32)36)40-19-9-21-42(51-40)47-55-57-49(59-47)44-25-23-29-24-26-45(54-46(29)53-44)50-58-56-48(60-50)43-22-10-20-41(52-43)39-28-31-12-2-4-14-33(31)35-16-6-8-18-37(35)39/h1-28H. The summed E-state index contributed by atoms with van der Waals surface area (Å²) in [7, 11) is 0. The van der Waals surface area contributed by atoms with E-state index in [9.17, 15) is 0 Å². The third kappa shape index (κ3) is 5.88. The van der Waals surface area contributed by atoms with Crippen LogP contribution in [0.2, 0.25) is 0 Å². The topological polar surface area (TPSA) is 103 Å². The summed E-state index contributed by atoms with van der Waals surface area (Å²) in [6.07, 6.45) is 0. The Balaban J connectivity index is 0.844. The Morgan fingerprint density at radius 1 is 0.267 bits per heavy atom. The second-order valence-electron chi connectivity index (χ2n) is 14.5. The van der Waals surface area contributed by atoms with E-state index in [4.69, 9.17) is 19.9 Å². The molecule has 280 valence electrons. The van der Waals surface area contributed by atoms with E-state index in [-0.39, 0.29) is 0 Å². The molecule has 0 aliphatic heterocycles. The second-order valence-corrected chi connectivity index (χ2v) is 16.4. The van der Waals surface area contributed by atoms with Crippen molar-refractivity contribution in [2.75, 3.05) is 0 Å². The smallest absolute Gasteiger partial charge is 0.166 e. The van der Waals surface area contributed by atoms with Crippen molar-refractivity contribution in [2.45, 2.75) is 0 Å². The van der Waals surface area contributed by atoms with E-state index in [0.29, 0.717) is 37.1 Å². The van der Waals surface area contributed by atoms with Crippen LogP contribution in [-0.4, -0.2) is 40.3 Å². The third-order valence-corrected chi connectivity index (χ3v) is 12.8. The van der Waals surface area contributed by atoms with Gasteiger partial charge in [-0.1, -0.05) is 132 Å². The van der Waals surface area contributed by atoms with E-state index in [2.05, 4.69) is 142 Å². The fraction of sp³-hybridized carbons (Fsp3) is 0. The van der Waals surface area contributed by atoms with Crippen molar-refractivity contribution in [3.63, 3.8) is 0 Å². The summed E-state index contributed by atoms with van der Waals surface area (Å²) in [6.45, 7) is 0. The Bertz CT molecular complexity index is 3420. The van der Waals surface area contributed by atoms with Gasteiger partial charge in [-0.2, -0.15) is 0 Å². The van der Waals surface area contributed by atoms with Crippen molar-refractivity contribution in [3.05, 3.63) is 170 Å². The molecule has 0 bridgehead atoms. The molecule has 0 N–H and O–H groups in total. The first-order valence-electron chi connectivity index (χ1n) is 19.4. The lowest BCUT2D eigenvalue weighted by Crippen LogP contribution is -1.90. The monoisotopic (exact) mass is 804 g/mol. The number of rotatable bonds is 6. The van der Waals surface area contributed by atoms with E-state index >= 15 is 0 Å². The highest BCUT2D eigenvalue weighted by atomic mass is 32.1. The van der Waals surface area contributed by atoms with Crippen LogP contribution in [0.3, 0.4) is 0 Å². The lowest BCUT2D eigenvalue weighted by Gasteiger charge is -2.11. The molecule has 0 spiro atoms. The predicted molar refractivity (Wildman–Crippen MR) is 245 cm³/mol. The van der Waals surface area contributed by atoms with Crippen LogP contribution in [0.5, 0.6) is 0 Å². The summed E-state index contributed by atoms with van der Waals surface area (Å²) in [4.78, 5) is 20.1. The van der Waals surface area contributed by atoms with Gasteiger partial charge in [0.05, 0.1) is 11.4 Å². The molecule has 10 heteroatoms. The lowest BCUT2D eigenvalue weighted by molar-refractivity contribution is 1.08. The highest BCUT2D eigenvalue weighted by Gasteiger charge is 2.17. The van der Waals surface area contributed by atoms with Crippen LogP contribution >= 0.6 is 22.7 Å². The maximum atomic E-state index is 5.10. The Hall–Kier alpha value is -7.66. The van der Waals surface area contributed by atoms with Gasteiger partial charge in [-0.25, -0.2) is 19.9 Å². The summed E-state index contributed by atoms with van der Waals surface area (Å²) >= 11 is 2.91. The second kappa shape index (κ2) is 14.0. The first-order chi connectivity index (χ1) is 29.7. The molecule has 6 aromatic heterocycles. The Morgan fingerprint density at radius 2 is 0.633 bits per heavy atom. The van der Waals surface area contributed by atoms with Gasteiger partial charge < -0.3 is 0 Å². The van der Waals surface area contributed by atoms with Crippen LogP contribution < -0.4 is 0 Å². The van der Waals surface area contributed by atoms with Gasteiger partial charge in [0.15, 0.2) is 25.7 Å². The average molecular weight is 805 g/mol. The van der Waals surface area contributed by atoms with E-state index in [1.54, 1.807) is 0 Å². The van der Waals surface area contributed by atoms with E-state index < -0.39 is 0 Å². The van der Waals surface area contributed by atoms with E-state index in [0.717, 1.165) is 50.1 Å². The molecule has 0 saturated heterocycles. The number of pyridine rings is 4. The number of benzene rings is 6. The van der Waals surface area contributed by atoms with Crippen LogP contribution in [-0.2, 0) is 0 Å². The molecule has 12 aromatic rings. The summed E-state index contributed by atoms with van der Waals surface area (Å²) in [5.41, 5.74) is 7.40. The summed E-state index contributed by atoms with van der Waals surface area (Å²) in [5.74, 6) is 0. The Labute approximate surface area is 350 Å². The maximum Gasteiger partial charge on any atom is 0.166 e. The van der Waals surface area contributed by atoms with Crippen molar-refractivity contribution in [1.29, 1.82) is 0 Å². The molecule has 60 heavy (non-hydrogen) atoms. The number of aromatic nitrogens is 8. The molecule has 0 saturated carbocycles. The van der Waals surface area contributed by atoms with Crippen molar-refractivity contribution < 1.29 is 0 Å². The quantitative estimate of drug-likeness (QED) is 0.153. The van der Waals surface area contributed by atoms with Gasteiger partial charge in [-0.15, -0.1) is 20.4 Å². The van der Waals surface area contributed by atoms with Crippen LogP contribution in [0.25, 0.3) is 119 Å². The van der Waals surface area contributed by atoms with E-state index in [1.807, 2.05) is 48.5 Å². The zero-order valence-corrected chi connectivity index (χ0v) is 33.2. The number of hydrogen-bond donors (Lipinski definition) is 0. The first kappa shape index (κ1) is 34.4. The fourth-order valence-corrected chi connectivity index (χ4v) is 9.60. The molecule has 6 aromatic carbocycles. The van der Waals surface area contributed by atoms with Crippen molar-refractivity contribution >= 4 is 76.8 Å². The largest absolute Gasteiger partial charge is 0.245 e. The molecule has 0 unspecified atom stereocenters. The predicted octanol–water partition coefficient (Wildman–Crippen LogP) is 12.7. The van der Waals surface area contributed by atoms with Gasteiger partial charge in [0, 0.05) is 16.5 Å². The molecule has 12 rings (SSSR count). The summed E-state index contributed by atoms with van der Waals surface area (Å²) in [6, 6.07) is 58.5. The average Bonchev–Trinajstić information content (AvgIpc) is 4.03. The molecule has 6 heterocycles. The summed E-state index contributed by atoms with van der Waals surface area (Å²) in [5, 5.41) is 31.5. The van der Waals surface area contributed by atoms with Crippen LogP contribution in [0, 0.1) is 0 Å². The molecular weight excluding hydrogens is 777 g/mol. The number of fused-ring (bicyclic) bond motifs is 7. The zero-order valence-electron chi connectivity index (χ0n) is 31.6. The van der Waals surface area contributed by atoms with Crippen LogP contribution in [0.4, 0.5) is 0 Å². The normalized spacial score (nSPS) is 11.7. The SMILES string of the molecule is c1cc(-c2nnc(-c3ccc4ccc(-c5nnc(-c6cccc(-c7cc8ccccc8c8ccccc78)n6)s5)nc4n3)s2)nc(-c2cc3ccccc3c3ccccc23)c1. The first-order valence-corrected chi connectivity index (χ1v) is 21.1. The van der Waals surface area contributed by atoms with Gasteiger partial charge >= 0.3 is 0 Å². The van der Waals surface area contributed by atoms with Crippen LogP contribution in [0.15, 0.2) is 170 Å². The highest BCUT2D eigenvalue weighted by molar-refractivity contribution is 7.18. The van der Waals surface area contributed by atoms with Crippen LogP contribution in [0.1, 0.15) is 0 Å². The maximum absolute atomic E-state index is 5.10. The van der Waals surface area contributed by atoms with Crippen molar-refractivity contribution in [3.8, 4) is 65.3 Å². The minimum Gasteiger partial charge on any atom is -0.245 e. The lowest BCUT2D eigenvalue weighted by atomic mass is 9.95. The van der Waals surface area contributed by atoms with Gasteiger partial charge in [-0.05, 0) is 104 Å². The summed E-state index contributed by atoms with van der Waals surface area (Å²) < 4.78 is 0. The minimum absolute atomic E-state index is 0.588. The molecule has 0 amide bonds. The molecule has 0 aliphatic rings. The van der Waals surface area contributed by atoms with Crippen molar-refractivity contribution in [2.24, 2.45) is 0 Å². The van der Waals surface area contributed by atoms with Gasteiger partial charge in [0.25, 0.3) is 0 Å². The Morgan fingerprint density at radius 3 is 1.08 bits per heavy atom. The number of nitrogens with zero attached hydrogens (tertiary/aromatic N) is 8. The molecule has 0 aliphatic carbocycles. The molecule has 0 fully saturated rings. The van der Waals surface area contributed by atoms with Gasteiger partial charge in [0.2, 0.25) is 0 Å². The van der Waals surface area contributed by atoms with Crippen molar-refractivity contribution in [1.82, 2.24) is 40.3 Å². The number of hydrogen-bond acceptors (Lipinski definition) is 10. The third-order valence-electron chi connectivity index (χ3n) is 10.9. The minimum atomic E-state index is 0.588. The van der Waals surface area contributed by atoms with Gasteiger partial charge in [0.1, 0.15) is 22.8 Å². The highest BCUT2D eigenvalue weighted by Crippen LogP contribution is 2.38. The molecule has 0 atom stereocenters. The fourth-order valence-electron chi connectivity index (χ4n) is 8.04. The van der Waals surface area contributed by atoms with Gasteiger partial charge in [-0.3, -0.25) is 0 Å². The molecule has 0 radical (unpaired) electrons. The zero-order chi connectivity index (χ0) is 39.6. The Kier molecular flexibility index (Phi) is 8.03. The molecular formula is C50H28N8S2.